The Morgan fingerprint density at radius 1 is 0.400 bits per heavy atom. The Hall–Kier alpha value is -6.58. The Labute approximate surface area is 289 Å². The summed E-state index contributed by atoms with van der Waals surface area (Å²) in [4.78, 5) is 0. The van der Waals surface area contributed by atoms with Crippen LogP contribution in [0.2, 0.25) is 0 Å². The highest BCUT2D eigenvalue weighted by Gasteiger charge is 2.50. The van der Waals surface area contributed by atoms with E-state index in [0.29, 0.717) is 0 Å². The molecular weight excluding hydrogens is 611 g/mol. The number of rotatable bonds is 3. The number of fused-ring (bicyclic) bond motifs is 13. The highest BCUT2D eigenvalue weighted by molar-refractivity contribution is 6.10. The van der Waals surface area contributed by atoms with Crippen LogP contribution in [-0.4, -0.2) is 0 Å². The third-order valence-electron chi connectivity index (χ3n) is 10.7. The van der Waals surface area contributed by atoms with Gasteiger partial charge in [0.2, 0.25) is 0 Å². The average Bonchev–Trinajstić information content (AvgIpc) is 3.67. The molecule has 9 aromatic rings. The van der Waals surface area contributed by atoms with Crippen molar-refractivity contribution >= 4 is 44.1 Å². The van der Waals surface area contributed by atoms with Crippen molar-refractivity contribution in [3.63, 3.8) is 0 Å². The van der Waals surface area contributed by atoms with Gasteiger partial charge in [-0.3, -0.25) is 0 Å². The summed E-state index contributed by atoms with van der Waals surface area (Å²) < 4.78 is 13.1. The standard InChI is InChI=1S/C47H29NO2/c1-2-11-31-26-45-38(25-30(31)10-1)37-22-20-32(27-44(37)50-45)29-12-9-13-33(24-29)48-34-21-23-42-46(28-34)49-43-19-8-7-18-41(43)47(42)39-16-5-3-14-35(39)36-15-4-6-17-40(36)47/h1-28,48H. The zero-order chi connectivity index (χ0) is 32.8. The first-order chi connectivity index (χ1) is 24.7. The lowest BCUT2D eigenvalue weighted by Gasteiger charge is -2.39. The van der Waals surface area contributed by atoms with Crippen LogP contribution in [0, 0.1) is 0 Å². The predicted octanol–water partition coefficient (Wildman–Crippen LogP) is 12.6. The smallest absolute Gasteiger partial charge is 0.136 e. The van der Waals surface area contributed by atoms with Gasteiger partial charge in [-0.2, -0.15) is 0 Å². The molecule has 234 valence electrons. The van der Waals surface area contributed by atoms with E-state index in [1.54, 1.807) is 0 Å². The summed E-state index contributed by atoms with van der Waals surface area (Å²) in [5.74, 6) is 1.75. The monoisotopic (exact) mass is 639 g/mol. The molecule has 1 spiro atoms. The van der Waals surface area contributed by atoms with Gasteiger partial charge in [-0.05, 0) is 92.7 Å². The number of furan rings is 1. The largest absolute Gasteiger partial charge is 0.457 e. The Balaban J connectivity index is 0.981. The molecule has 1 aromatic heterocycles. The van der Waals surface area contributed by atoms with Crippen molar-refractivity contribution in [1.82, 2.24) is 0 Å². The summed E-state index contributed by atoms with van der Waals surface area (Å²) in [6.07, 6.45) is 0. The van der Waals surface area contributed by atoms with E-state index in [-0.39, 0.29) is 0 Å². The van der Waals surface area contributed by atoms with Gasteiger partial charge in [0.25, 0.3) is 0 Å². The van der Waals surface area contributed by atoms with E-state index in [4.69, 9.17) is 9.15 Å². The molecule has 2 heterocycles. The number of nitrogens with one attached hydrogen (secondary N) is 1. The van der Waals surface area contributed by atoms with Crippen LogP contribution in [0.15, 0.2) is 174 Å². The Bertz CT molecular complexity index is 2800. The van der Waals surface area contributed by atoms with Crippen LogP contribution in [0.4, 0.5) is 11.4 Å². The molecule has 0 unspecified atom stereocenters. The molecule has 1 aliphatic heterocycles. The zero-order valence-corrected chi connectivity index (χ0v) is 27.0. The summed E-state index contributed by atoms with van der Waals surface area (Å²) in [5.41, 5.74) is 13.0. The van der Waals surface area contributed by atoms with Gasteiger partial charge in [0.15, 0.2) is 0 Å². The molecule has 0 bridgehead atoms. The first kappa shape index (κ1) is 27.4. The fourth-order valence-corrected chi connectivity index (χ4v) is 8.52. The van der Waals surface area contributed by atoms with Gasteiger partial charge in [-0.1, -0.05) is 115 Å². The van der Waals surface area contributed by atoms with E-state index in [1.807, 2.05) is 0 Å². The summed E-state index contributed by atoms with van der Waals surface area (Å²) >= 11 is 0. The van der Waals surface area contributed by atoms with E-state index >= 15 is 0 Å². The fraction of sp³-hybridized carbons (Fsp3) is 0.0213. The molecule has 0 saturated heterocycles. The minimum atomic E-state index is -0.460. The summed E-state index contributed by atoms with van der Waals surface area (Å²) in [7, 11) is 0. The number of hydrogen-bond donors (Lipinski definition) is 1. The Kier molecular flexibility index (Phi) is 5.59. The lowest BCUT2D eigenvalue weighted by molar-refractivity contribution is 0.436. The van der Waals surface area contributed by atoms with Gasteiger partial charge in [0, 0.05) is 39.3 Å². The molecule has 0 amide bonds. The lowest BCUT2D eigenvalue weighted by atomic mass is 9.66. The molecule has 2 aliphatic rings. The third kappa shape index (κ3) is 3.80. The van der Waals surface area contributed by atoms with Crippen LogP contribution in [0.3, 0.4) is 0 Å². The van der Waals surface area contributed by atoms with Crippen LogP contribution in [-0.2, 0) is 5.41 Å². The number of hydrogen-bond acceptors (Lipinski definition) is 3. The molecule has 3 heteroatoms. The maximum absolute atomic E-state index is 6.71. The van der Waals surface area contributed by atoms with Crippen LogP contribution in [0.1, 0.15) is 22.3 Å². The number of anilines is 2. The van der Waals surface area contributed by atoms with E-state index in [9.17, 15) is 0 Å². The molecule has 1 N–H and O–H groups in total. The van der Waals surface area contributed by atoms with Gasteiger partial charge in [0.1, 0.15) is 22.7 Å². The number of ether oxygens (including phenoxy) is 1. The van der Waals surface area contributed by atoms with Crippen molar-refractivity contribution in [2.24, 2.45) is 0 Å². The quantitative estimate of drug-likeness (QED) is 0.209. The molecule has 3 nitrogen and oxygen atoms in total. The van der Waals surface area contributed by atoms with Gasteiger partial charge in [-0.15, -0.1) is 0 Å². The normalized spacial score (nSPS) is 13.5. The van der Waals surface area contributed by atoms with Crippen molar-refractivity contribution in [2.45, 2.75) is 5.41 Å². The van der Waals surface area contributed by atoms with Crippen LogP contribution in [0.25, 0.3) is 55.0 Å². The van der Waals surface area contributed by atoms with Crippen molar-refractivity contribution in [3.8, 4) is 33.8 Å². The summed E-state index contributed by atoms with van der Waals surface area (Å²) in [6.45, 7) is 0. The molecule has 0 fully saturated rings. The number of benzene rings is 8. The SMILES string of the molecule is c1cc(Nc2ccc3c(c2)Oc2ccccc2C32c3ccccc3-c3ccccc32)cc(-c2ccc3c(c2)oc2cc4ccccc4cc23)c1. The first-order valence-electron chi connectivity index (χ1n) is 17.1. The Morgan fingerprint density at radius 2 is 1.04 bits per heavy atom. The minimum absolute atomic E-state index is 0.460. The molecule has 0 atom stereocenters. The average molecular weight is 640 g/mol. The topological polar surface area (TPSA) is 34.4 Å². The van der Waals surface area contributed by atoms with Gasteiger partial charge in [-0.25, -0.2) is 0 Å². The summed E-state index contributed by atoms with van der Waals surface area (Å²) in [6, 6.07) is 60.6. The van der Waals surface area contributed by atoms with Crippen molar-refractivity contribution in [3.05, 3.63) is 192 Å². The van der Waals surface area contributed by atoms with E-state index < -0.39 is 5.41 Å². The summed E-state index contributed by atoms with van der Waals surface area (Å²) in [5, 5.41) is 8.35. The molecular formula is C47H29NO2. The first-order valence-corrected chi connectivity index (χ1v) is 17.1. The molecule has 11 rings (SSSR count). The molecule has 1 aliphatic carbocycles. The fourth-order valence-electron chi connectivity index (χ4n) is 8.52. The van der Waals surface area contributed by atoms with Crippen LogP contribution >= 0.6 is 0 Å². The van der Waals surface area contributed by atoms with Crippen molar-refractivity contribution in [1.29, 1.82) is 0 Å². The van der Waals surface area contributed by atoms with Gasteiger partial charge in [0.05, 0.1) is 5.41 Å². The highest BCUT2D eigenvalue weighted by Crippen LogP contribution is 2.62. The van der Waals surface area contributed by atoms with E-state index in [1.165, 1.54) is 38.6 Å². The van der Waals surface area contributed by atoms with Crippen LogP contribution in [0.5, 0.6) is 11.5 Å². The molecule has 0 saturated carbocycles. The second-order valence-electron chi connectivity index (χ2n) is 13.4. The molecule has 50 heavy (non-hydrogen) atoms. The second-order valence-corrected chi connectivity index (χ2v) is 13.4. The van der Waals surface area contributed by atoms with Gasteiger partial charge < -0.3 is 14.5 Å². The number of para-hydroxylation sites is 1. The zero-order valence-electron chi connectivity index (χ0n) is 27.0. The molecule has 8 aromatic carbocycles. The minimum Gasteiger partial charge on any atom is -0.457 e. The van der Waals surface area contributed by atoms with Crippen molar-refractivity contribution < 1.29 is 9.15 Å². The lowest BCUT2D eigenvalue weighted by Crippen LogP contribution is -2.32. The second kappa shape index (κ2) is 10.2. The van der Waals surface area contributed by atoms with E-state index in [2.05, 4.69) is 175 Å². The molecule has 0 radical (unpaired) electrons. The maximum atomic E-state index is 6.71. The van der Waals surface area contributed by atoms with Gasteiger partial charge >= 0.3 is 0 Å². The highest BCUT2D eigenvalue weighted by atomic mass is 16.5. The predicted molar refractivity (Wildman–Crippen MR) is 204 cm³/mol. The maximum Gasteiger partial charge on any atom is 0.136 e. The van der Waals surface area contributed by atoms with Crippen molar-refractivity contribution in [2.75, 3.05) is 5.32 Å². The van der Waals surface area contributed by atoms with Crippen LogP contribution < -0.4 is 10.1 Å². The Morgan fingerprint density at radius 3 is 1.86 bits per heavy atom. The van der Waals surface area contributed by atoms with E-state index in [0.717, 1.165) is 61.5 Å². The third-order valence-corrected chi connectivity index (χ3v) is 10.7.